The molecule has 2 nitrogen and oxygen atoms in total. The molecule has 0 aliphatic carbocycles. The van der Waals surface area contributed by atoms with Crippen molar-refractivity contribution < 1.29 is 4.42 Å². The maximum atomic E-state index is 6.12. The van der Waals surface area contributed by atoms with Gasteiger partial charge in [-0.2, -0.15) is 0 Å². The van der Waals surface area contributed by atoms with Crippen molar-refractivity contribution in [3.8, 4) is 0 Å². The van der Waals surface area contributed by atoms with Gasteiger partial charge in [0.15, 0.2) is 0 Å². The van der Waals surface area contributed by atoms with E-state index in [2.05, 4.69) is 29.4 Å². The van der Waals surface area contributed by atoms with Gasteiger partial charge >= 0.3 is 0 Å². The van der Waals surface area contributed by atoms with E-state index in [0.717, 1.165) is 39.6 Å². The summed E-state index contributed by atoms with van der Waals surface area (Å²) in [6.07, 6.45) is 1.73. The molecule has 17 heavy (non-hydrogen) atoms. The van der Waals surface area contributed by atoms with Crippen molar-refractivity contribution in [2.24, 2.45) is 5.73 Å². The second kappa shape index (κ2) is 5.07. The van der Waals surface area contributed by atoms with Crippen LogP contribution < -0.4 is 5.73 Å². The summed E-state index contributed by atoms with van der Waals surface area (Å²) >= 11 is 3.47. The number of hydrogen-bond donors (Lipinski definition) is 1. The van der Waals surface area contributed by atoms with Gasteiger partial charge in [-0.1, -0.05) is 31.2 Å². The second-order valence-corrected chi connectivity index (χ2v) is 5.08. The lowest BCUT2D eigenvalue weighted by molar-refractivity contribution is 0.490. The topological polar surface area (TPSA) is 39.2 Å². The van der Waals surface area contributed by atoms with Crippen LogP contribution in [0.3, 0.4) is 0 Å². The van der Waals surface area contributed by atoms with Crippen LogP contribution in [0.25, 0.3) is 11.0 Å². The Morgan fingerprint density at radius 3 is 2.94 bits per heavy atom. The van der Waals surface area contributed by atoms with E-state index in [0.29, 0.717) is 0 Å². The monoisotopic (exact) mass is 293 g/mol. The average molecular weight is 294 g/mol. The van der Waals surface area contributed by atoms with Gasteiger partial charge in [0.25, 0.3) is 0 Å². The first kappa shape index (κ1) is 12.4. The van der Waals surface area contributed by atoms with E-state index in [-0.39, 0.29) is 6.04 Å². The highest BCUT2D eigenvalue weighted by molar-refractivity contribution is 9.10. The largest absolute Gasteiger partial charge is 0.458 e. The molecule has 0 fully saturated rings. The molecular formula is C14H16BrNO. The third kappa shape index (κ3) is 2.61. The first-order valence-electron chi connectivity index (χ1n) is 5.72. The standard InChI is InChI=1S/C14H16BrNO/c1-3-9(2)7-12(16)13-8-10-5-4-6-11(15)14(10)17-13/h4-6,8,12H,2-3,7,16H2,1H3. The van der Waals surface area contributed by atoms with E-state index in [1.807, 2.05) is 24.3 Å². The maximum absolute atomic E-state index is 6.12. The first-order chi connectivity index (χ1) is 8.11. The van der Waals surface area contributed by atoms with Gasteiger partial charge < -0.3 is 10.2 Å². The van der Waals surface area contributed by atoms with Gasteiger partial charge in [-0.3, -0.25) is 0 Å². The summed E-state index contributed by atoms with van der Waals surface area (Å²) in [6.45, 7) is 6.07. The van der Waals surface area contributed by atoms with Crippen LogP contribution in [0, 0.1) is 0 Å². The molecule has 90 valence electrons. The van der Waals surface area contributed by atoms with Crippen LogP contribution in [-0.4, -0.2) is 0 Å². The van der Waals surface area contributed by atoms with Gasteiger partial charge in [0.2, 0.25) is 0 Å². The Kier molecular flexibility index (Phi) is 3.69. The molecule has 0 saturated heterocycles. The average Bonchev–Trinajstić information content (AvgIpc) is 2.74. The Morgan fingerprint density at radius 1 is 1.53 bits per heavy atom. The van der Waals surface area contributed by atoms with Crippen LogP contribution in [-0.2, 0) is 0 Å². The highest BCUT2D eigenvalue weighted by Gasteiger charge is 2.13. The summed E-state index contributed by atoms with van der Waals surface area (Å²) in [4.78, 5) is 0. The second-order valence-electron chi connectivity index (χ2n) is 4.22. The van der Waals surface area contributed by atoms with E-state index in [1.165, 1.54) is 0 Å². The Labute approximate surface area is 110 Å². The quantitative estimate of drug-likeness (QED) is 0.840. The Balaban J connectivity index is 2.30. The van der Waals surface area contributed by atoms with Crippen LogP contribution in [0.1, 0.15) is 31.6 Å². The third-order valence-electron chi connectivity index (χ3n) is 2.89. The zero-order valence-corrected chi connectivity index (χ0v) is 11.5. The summed E-state index contributed by atoms with van der Waals surface area (Å²) in [5.74, 6) is 0.821. The number of hydrogen-bond acceptors (Lipinski definition) is 2. The molecule has 0 aliphatic heterocycles. The van der Waals surface area contributed by atoms with Crippen LogP contribution >= 0.6 is 15.9 Å². The van der Waals surface area contributed by atoms with E-state index in [1.54, 1.807) is 0 Å². The molecular weight excluding hydrogens is 278 g/mol. The van der Waals surface area contributed by atoms with E-state index < -0.39 is 0 Å². The number of halogens is 1. The summed E-state index contributed by atoms with van der Waals surface area (Å²) in [5, 5.41) is 1.08. The molecule has 1 atom stereocenters. The van der Waals surface area contributed by atoms with E-state index in [9.17, 15) is 0 Å². The Morgan fingerprint density at radius 2 is 2.29 bits per heavy atom. The van der Waals surface area contributed by atoms with Gasteiger partial charge in [-0.15, -0.1) is 0 Å². The van der Waals surface area contributed by atoms with Gasteiger partial charge in [0.1, 0.15) is 11.3 Å². The zero-order chi connectivity index (χ0) is 12.4. The van der Waals surface area contributed by atoms with Gasteiger partial charge in [-0.25, -0.2) is 0 Å². The molecule has 2 aromatic rings. The van der Waals surface area contributed by atoms with E-state index >= 15 is 0 Å². The fourth-order valence-corrected chi connectivity index (χ4v) is 2.25. The van der Waals surface area contributed by atoms with Crippen LogP contribution in [0.15, 0.2) is 45.3 Å². The lowest BCUT2D eigenvalue weighted by Gasteiger charge is -2.09. The highest BCUT2D eigenvalue weighted by Crippen LogP contribution is 2.30. The molecule has 1 heterocycles. The molecule has 2 N–H and O–H groups in total. The predicted molar refractivity (Wildman–Crippen MR) is 74.9 cm³/mol. The Hall–Kier alpha value is -1.06. The number of fused-ring (bicyclic) bond motifs is 1. The minimum Gasteiger partial charge on any atom is -0.458 e. The Bertz CT molecular complexity index is 544. The lowest BCUT2D eigenvalue weighted by atomic mass is 10.0. The van der Waals surface area contributed by atoms with Crippen LogP contribution in [0.4, 0.5) is 0 Å². The van der Waals surface area contributed by atoms with Gasteiger partial charge in [-0.05, 0) is 40.9 Å². The number of furan rings is 1. The minimum atomic E-state index is -0.109. The normalized spacial score (nSPS) is 12.9. The van der Waals surface area contributed by atoms with Crippen molar-refractivity contribution in [2.75, 3.05) is 0 Å². The SMILES string of the molecule is C=C(CC)CC(N)c1cc2cccc(Br)c2o1. The zero-order valence-electron chi connectivity index (χ0n) is 9.87. The van der Waals surface area contributed by atoms with Crippen molar-refractivity contribution >= 4 is 26.9 Å². The van der Waals surface area contributed by atoms with Crippen LogP contribution in [0.5, 0.6) is 0 Å². The van der Waals surface area contributed by atoms with Crippen molar-refractivity contribution in [3.05, 3.63) is 46.7 Å². The molecule has 3 heteroatoms. The number of rotatable bonds is 4. The van der Waals surface area contributed by atoms with Gasteiger partial charge in [0, 0.05) is 5.39 Å². The molecule has 0 aliphatic rings. The van der Waals surface area contributed by atoms with Crippen molar-refractivity contribution in [2.45, 2.75) is 25.8 Å². The fourth-order valence-electron chi connectivity index (χ4n) is 1.79. The number of para-hydroxylation sites is 1. The highest BCUT2D eigenvalue weighted by atomic mass is 79.9. The molecule has 2 rings (SSSR count). The minimum absolute atomic E-state index is 0.109. The molecule has 0 amide bonds. The molecule has 0 spiro atoms. The smallest absolute Gasteiger partial charge is 0.148 e. The molecule has 0 saturated carbocycles. The summed E-state index contributed by atoms with van der Waals surface area (Å²) < 4.78 is 6.75. The molecule has 0 bridgehead atoms. The molecule has 1 unspecified atom stereocenters. The molecule has 1 aromatic carbocycles. The van der Waals surface area contributed by atoms with Crippen molar-refractivity contribution in [1.29, 1.82) is 0 Å². The lowest BCUT2D eigenvalue weighted by Crippen LogP contribution is -2.09. The maximum Gasteiger partial charge on any atom is 0.148 e. The fraction of sp³-hybridized carbons (Fsp3) is 0.286. The van der Waals surface area contributed by atoms with Gasteiger partial charge in [0.05, 0.1) is 10.5 Å². The number of nitrogens with two attached hydrogens (primary N) is 1. The summed E-state index contributed by atoms with van der Waals surface area (Å²) in [6, 6.07) is 7.87. The van der Waals surface area contributed by atoms with Crippen molar-refractivity contribution in [3.63, 3.8) is 0 Å². The summed E-state index contributed by atoms with van der Waals surface area (Å²) in [5.41, 5.74) is 8.13. The third-order valence-corrected chi connectivity index (χ3v) is 3.51. The van der Waals surface area contributed by atoms with Crippen molar-refractivity contribution in [1.82, 2.24) is 0 Å². The first-order valence-corrected chi connectivity index (χ1v) is 6.51. The predicted octanol–water partition coefficient (Wildman–Crippen LogP) is 4.55. The molecule has 0 radical (unpaired) electrons. The van der Waals surface area contributed by atoms with E-state index in [4.69, 9.17) is 10.2 Å². The molecule has 1 aromatic heterocycles. The number of benzene rings is 1. The van der Waals surface area contributed by atoms with Crippen LogP contribution in [0.2, 0.25) is 0 Å². The summed E-state index contributed by atoms with van der Waals surface area (Å²) in [7, 11) is 0.